The second-order valence-electron chi connectivity index (χ2n) is 12.1. The first-order valence-electron chi connectivity index (χ1n) is 16.6. The van der Waals surface area contributed by atoms with Gasteiger partial charge in [0.05, 0.1) is 0 Å². The number of phenols is 2. The van der Waals surface area contributed by atoms with E-state index in [9.17, 15) is 14.8 Å². The lowest BCUT2D eigenvalue weighted by Gasteiger charge is -2.24. The molecule has 8 nitrogen and oxygen atoms in total. The van der Waals surface area contributed by atoms with E-state index in [1.54, 1.807) is 62.4 Å². The molecule has 0 aliphatic rings. The number of phosphoric ester groups is 1. The molecule has 0 aromatic heterocycles. The third-order valence-electron chi connectivity index (χ3n) is 8.28. The molecule has 0 spiro atoms. The van der Waals surface area contributed by atoms with E-state index in [-0.39, 0.29) is 23.0 Å². The summed E-state index contributed by atoms with van der Waals surface area (Å²) in [7, 11) is -4.38. The molecule has 0 saturated heterocycles. The third kappa shape index (κ3) is 9.89. The fourth-order valence-corrected chi connectivity index (χ4v) is 6.85. The van der Waals surface area contributed by atoms with Crippen molar-refractivity contribution in [3.63, 3.8) is 0 Å². The topological polar surface area (TPSA) is 91.7 Å². The molecule has 0 heterocycles. The van der Waals surface area contributed by atoms with Crippen LogP contribution in [-0.2, 0) is 30.7 Å². The highest BCUT2D eigenvalue weighted by Crippen LogP contribution is 2.51. The van der Waals surface area contributed by atoms with Gasteiger partial charge in [-0.25, -0.2) is 0 Å². The molecule has 5 rings (SSSR count). The Bertz CT molecular complexity index is 1740. The minimum Gasteiger partial charge on any atom is -0.507 e. The standard InChI is InChI=1S/C40H45N2O6P/c1-5-41(26-32-16-10-7-11-17-32)28-34-24-37(22-30(3)39(34)43)47-49(45,46-36-20-14-9-15-21-36)48-38-23-31(4)40(44)35(25-38)29-42(6-2)27-33-18-12-8-13-19-33/h7-25,43-44H,5-6,26-29H2,1-4H3. The first-order valence-corrected chi connectivity index (χ1v) is 18.0. The molecule has 0 radical (unpaired) electrons. The molecule has 0 aliphatic carbocycles. The molecule has 0 atom stereocenters. The zero-order valence-electron chi connectivity index (χ0n) is 28.6. The number of phenolic OH excluding ortho intramolecular Hbond substituents is 2. The summed E-state index contributed by atoms with van der Waals surface area (Å²) in [6.45, 7) is 11.5. The van der Waals surface area contributed by atoms with Crippen LogP contribution in [0.5, 0.6) is 28.7 Å². The molecule has 0 saturated carbocycles. The molecule has 5 aromatic carbocycles. The lowest BCUT2D eigenvalue weighted by Crippen LogP contribution is -2.22. The summed E-state index contributed by atoms with van der Waals surface area (Å²) < 4.78 is 32.8. The van der Waals surface area contributed by atoms with Crippen molar-refractivity contribution >= 4 is 7.82 Å². The molecular weight excluding hydrogens is 635 g/mol. The molecular formula is C40H45N2O6P. The Morgan fingerprint density at radius 1 is 0.531 bits per heavy atom. The fourth-order valence-electron chi connectivity index (χ4n) is 5.63. The van der Waals surface area contributed by atoms with Crippen molar-refractivity contribution in [3.05, 3.63) is 149 Å². The number of nitrogens with zero attached hydrogens (tertiary/aromatic N) is 2. The van der Waals surface area contributed by atoms with Crippen molar-refractivity contribution in [2.45, 2.75) is 53.9 Å². The van der Waals surface area contributed by atoms with Gasteiger partial charge in [-0.15, -0.1) is 0 Å². The lowest BCUT2D eigenvalue weighted by molar-refractivity contribution is 0.265. The van der Waals surface area contributed by atoms with Crippen molar-refractivity contribution in [1.29, 1.82) is 0 Å². The van der Waals surface area contributed by atoms with Gasteiger partial charge in [0.1, 0.15) is 28.7 Å². The van der Waals surface area contributed by atoms with Crippen LogP contribution in [0.2, 0.25) is 0 Å². The highest BCUT2D eigenvalue weighted by atomic mass is 31.2. The summed E-state index contributed by atoms with van der Waals surface area (Å²) in [6, 6.07) is 35.6. The average Bonchev–Trinajstić information content (AvgIpc) is 3.09. The van der Waals surface area contributed by atoms with Gasteiger partial charge in [-0.3, -0.25) is 9.80 Å². The van der Waals surface area contributed by atoms with Crippen LogP contribution in [0.25, 0.3) is 0 Å². The van der Waals surface area contributed by atoms with Gasteiger partial charge in [-0.1, -0.05) is 92.7 Å². The second-order valence-corrected chi connectivity index (χ2v) is 13.5. The van der Waals surface area contributed by atoms with Crippen LogP contribution in [0.4, 0.5) is 0 Å². The number of aryl methyl sites for hydroxylation is 2. The van der Waals surface area contributed by atoms with Crippen molar-refractivity contribution in [2.24, 2.45) is 0 Å². The maximum atomic E-state index is 14.6. The number of benzene rings is 5. The van der Waals surface area contributed by atoms with Gasteiger partial charge in [0.2, 0.25) is 0 Å². The summed E-state index contributed by atoms with van der Waals surface area (Å²) >= 11 is 0. The average molecular weight is 681 g/mol. The first kappa shape index (κ1) is 35.6. The summed E-state index contributed by atoms with van der Waals surface area (Å²) in [5.74, 6) is 1.06. The number of rotatable bonds is 16. The maximum Gasteiger partial charge on any atom is 0.647 e. The van der Waals surface area contributed by atoms with Crippen molar-refractivity contribution < 1.29 is 28.3 Å². The Hall–Kier alpha value is -4.75. The van der Waals surface area contributed by atoms with Gasteiger partial charge in [-0.05, 0) is 85.6 Å². The molecule has 0 aliphatic heterocycles. The minimum absolute atomic E-state index is 0.147. The van der Waals surface area contributed by atoms with Crippen molar-refractivity contribution in [3.8, 4) is 28.7 Å². The summed E-state index contributed by atoms with van der Waals surface area (Å²) in [5.41, 5.74) is 4.70. The Morgan fingerprint density at radius 3 is 1.29 bits per heavy atom. The number of hydrogen-bond donors (Lipinski definition) is 2. The normalized spacial score (nSPS) is 11.6. The monoisotopic (exact) mass is 680 g/mol. The maximum absolute atomic E-state index is 14.6. The van der Waals surface area contributed by atoms with Gasteiger partial charge in [-0.2, -0.15) is 4.57 Å². The number of para-hydroxylation sites is 1. The van der Waals surface area contributed by atoms with Crippen LogP contribution in [0, 0.1) is 13.8 Å². The molecule has 256 valence electrons. The predicted molar refractivity (Wildman–Crippen MR) is 194 cm³/mol. The van der Waals surface area contributed by atoms with E-state index in [0.717, 1.165) is 24.2 Å². The quantitative estimate of drug-likeness (QED) is 0.0997. The van der Waals surface area contributed by atoms with Crippen molar-refractivity contribution in [2.75, 3.05) is 13.1 Å². The van der Waals surface area contributed by atoms with Gasteiger partial charge in [0.25, 0.3) is 0 Å². The minimum atomic E-state index is -4.38. The number of hydrogen-bond acceptors (Lipinski definition) is 8. The van der Waals surface area contributed by atoms with E-state index in [1.807, 2.05) is 42.5 Å². The summed E-state index contributed by atoms with van der Waals surface area (Å²) in [5, 5.41) is 22.1. The Morgan fingerprint density at radius 2 is 0.898 bits per heavy atom. The largest absolute Gasteiger partial charge is 0.647 e. The SMILES string of the molecule is CCN(Cc1ccccc1)Cc1cc(OP(=O)(Oc2ccccc2)Oc2cc(C)c(O)c(CN(CC)Cc3ccccc3)c2)cc(C)c1O. The first-order chi connectivity index (χ1) is 23.6. The molecule has 2 N–H and O–H groups in total. The molecule has 5 aromatic rings. The Labute approximate surface area is 289 Å². The Kier molecular flexibility index (Phi) is 12.0. The zero-order chi connectivity index (χ0) is 34.8. The van der Waals surface area contributed by atoms with Gasteiger partial charge in [0.15, 0.2) is 0 Å². The number of aromatic hydroxyl groups is 2. The highest BCUT2D eigenvalue weighted by Gasteiger charge is 2.34. The molecule has 49 heavy (non-hydrogen) atoms. The third-order valence-corrected chi connectivity index (χ3v) is 9.58. The van der Waals surface area contributed by atoms with Crippen LogP contribution < -0.4 is 13.6 Å². The molecule has 9 heteroatoms. The van der Waals surface area contributed by atoms with Crippen LogP contribution in [0.15, 0.2) is 115 Å². The molecule has 0 bridgehead atoms. The van der Waals surface area contributed by atoms with E-state index in [0.29, 0.717) is 54.2 Å². The number of phosphoric acid groups is 1. The highest BCUT2D eigenvalue weighted by molar-refractivity contribution is 7.49. The Balaban J connectivity index is 1.43. The zero-order valence-corrected chi connectivity index (χ0v) is 29.5. The van der Waals surface area contributed by atoms with E-state index in [1.165, 1.54) is 0 Å². The van der Waals surface area contributed by atoms with Gasteiger partial charge in [0, 0.05) is 37.3 Å². The summed E-state index contributed by atoms with van der Waals surface area (Å²) in [4.78, 5) is 4.39. The fraction of sp³-hybridized carbons (Fsp3) is 0.250. The lowest BCUT2D eigenvalue weighted by atomic mass is 10.1. The van der Waals surface area contributed by atoms with E-state index in [4.69, 9.17) is 13.6 Å². The van der Waals surface area contributed by atoms with Crippen LogP contribution in [0.1, 0.15) is 47.2 Å². The smallest absolute Gasteiger partial charge is 0.507 e. The van der Waals surface area contributed by atoms with E-state index in [2.05, 4.69) is 47.9 Å². The molecule has 0 amide bonds. The summed E-state index contributed by atoms with van der Waals surface area (Å²) in [6.07, 6.45) is 0. The predicted octanol–water partition coefficient (Wildman–Crippen LogP) is 9.40. The van der Waals surface area contributed by atoms with E-state index < -0.39 is 7.82 Å². The molecule has 0 unspecified atom stereocenters. The van der Waals surface area contributed by atoms with E-state index >= 15 is 0 Å². The van der Waals surface area contributed by atoms with Crippen LogP contribution in [0.3, 0.4) is 0 Å². The van der Waals surface area contributed by atoms with Crippen molar-refractivity contribution in [1.82, 2.24) is 9.80 Å². The van der Waals surface area contributed by atoms with Crippen LogP contribution >= 0.6 is 7.82 Å². The molecule has 0 fully saturated rings. The van der Waals surface area contributed by atoms with Crippen LogP contribution in [-0.4, -0.2) is 33.1 Å². The van der Waals surface area contributed by atoms with Gasteiger partial charge < -0.3 is 23.8 Å². The second kappa shape index (κ2) is 16.6. The van der Waals surface area contributed by atoms with Gasteiger partial charge >= 0.3 is 7.82 Å².